The summed E-state index contributed by atoms with van der Waals surface area (Å²) in [5, 5.41) is 1.55. The number of hydrazine groups is 1. The van der Waals surface area contributed by atoms with Crippen LogP contribution in [0.4, 0.5) is 0 Å². The van der Waals surface area contributed by atoms with E-state index in [0.717, 1.165) is 0 Å². The molecule has 1 fully saturated rings. The predicted molar refractivity (Wildman–Crippen MR) is 42.2 cm³/mol. The molecule has 1 aliphatic rings. The van der Waals surface area contributed by atoms with Crippen molar-refractivity contribution < 1.29 is 9.68 Å². The van der Waals surface area contributed by atoms with Gasteiger partial charge in [0.05, 0.1) is 6.54 Å². The second kappa shape index (κ2) is 3.64. The monoisotopic (exact) mass is 166 g/mol. The van der Waals surface area contributed by atoms with Crippen molar-refractivity contribution >= 4 is 0 Å². The molecule has 0 bridgehead atoms. The largest absolute Gasteiger partial charge is 0.254 e. The molecule has 0 amide bonds. The lowest BCUT2D eigenvalue weighted by Gasteiger charge is -2.10. The zero-order chi connectivity index (χ0) is 8.23. The highest BCUT2D eigenvalue weighted by molar-refractivity contribution is 5.13. The van der Waals surface area contributed by atoms with E-state index >= 15 is 0 Å². The number of rotatable bonds is 2. The molecule has 1 N–H and O–H groups in total. The van der Waals surface area contributed by atoms with Crippen LogP contribution in [0.5, 0.6) is 0 Å². The van der Waals surface area contributed by atoms with Crippen molar-refractivity contribution in [2.75, 3.05) is 6.79 Å². The second-order valence-electron chi connectivity index (χ2n) is 2.50. The van der Waals surface area contributed by atoms with E-state index in [1.165, 1.54) is 5.56 Å². The summed E-state index contributed by atoms with van der Waals surface area (Å²) >= 11 is 0. The van der Waals surface area contributed by atoms with Crippen molar-refractivity contribution in [3.05, 3.63) is 35.9 Å². The van der Waals surface area contributed by atoms with Crippen LogP contribution in [0.2, 0.25) is 0 Å². The summed E-state index contributed by atoms with van der Waals surface area (Å²) < 4.78 is 0. The summed E-state index contributed by atoms with van der Waals surface area (Å²) in [7, 11) is 0. The maximum absolute atomic E-state index is 5.06. The van der Waals surface area contributed by atoms with Crippen LogP contribution in [0.1, 0.15) is 5.56 Å². The lowest BCUT2D eigenvalue weighted by atomic mass is 10.2. The van der Waals surface area contributed by atoms with Crippen LogP contribution >= 0.6 is 0 Å². The van der Waals surface area contributed by atoms with Crippen molar-refractivity contribution in [1.82, 2.24) is 10.8 Å². The van der Waals surface area contributed by atoms with E-state index in [9.17, 15) is 0 Å². The number of nitrogens with zero attached hydrogens (tertiary/aromatic N) is 1. The van der Waals surface area contributed by atoms with Crippen molar-refractivity contribution in [1.29, 1.82) is 0 Å². The van der Waals surface area contributed by atoms with Gasteiger partial charge in [-0.25, -0.2) is 0 Å². The highest BCUT2D eigenvalue weighted by Gasteiger charge is 2.11. The number of hydrogen-bond donors (Lipinski definition) is 1. The van der Waals surface area contributed by atoms with E-state index in [-0.39, 0.29) is 6.79 Å². The highest BCUT2D eigenvalue weighted by atomic mass is 17.0. The molecule has 1 aromatic carbocycles. The van der Waals surface area contributed by atoms with E-state index in [1.807, 2.05) is 30.3 Å². The minimum Gasteiger partial charge on any atom is -0.254 e. The van der Waals surface area contributed by atoms with E-state index in [4.69, 9.17) is 9.68 Å². The fraction of sp³-hybridized carbons (Fsp3) is 0.250. The van der Waals surface area contributed by atoms with Crippen molar-refractivity contribution in [2.24, 2.45) is 0 Å². The van der Waals surface area contributed by atoms with Gasteiger partial charge in [0, 0.05) is 0 Å². The number of hydroxylamine groups is 1. The summed E-state index contributed by atoms with van der Waals surface area (Å²) in [6.07, 6.45) is 0. The molecule has 1 aliphatic heterocycles. The molecule has 1 saturated heterocycles. The lowest BCUT2D eigenvalue weighted by Crippen LogP contribution is -2.27. The molecule has 0 aromatic heterocycles. The Hall–Kier alpha value is -0.940. The summed E-state index contributed by atoms with van der Waals surface area (Å²) in [5.74, 6) is 0. The van der Waals surface area contributed by atoms with Crippen LogP contribution in [0.25, 0.3) is 0 Å². The Bertz CT molecular complexity index is 234. The lowest BCUT2D eigenvalue weighted by molar-refractivity contribution is -0.149. The minimum absolute atomic E-state index is 0.271. The van der Waals surface area contributed by atoms with Crippen molar-refractivity contribution in [3.8, 4) is 0 Å². The van der Waals surface area contributed by atoms with Crippen LogP contribution < -0.4 is 5.59 Å². The molecule has 0 spiro atoms. The zero-order valence-corrected chi connectivity index (χ0v) is 6.56. The average Bonchev–Trinajstić information content (AvgIpc) is 2.59. The molecular weight excluding hydrogens is 156 g/mol. The average molecular weight is 166 g/mol. The maximum atomic E-state index is 5.06. The first-order valence-corrected chi connectivity index (χ1v) is 3.77. The Kier molecular flexibility index (Phi) is 2.33. The van der Waals surface area contributed by atoms with Gasteiger partial charge in [0.1, 0.15) is 0 Å². The van der Waals surface area contributed by atoms with Crippen LogP contribution in [0.3, 0.4) is 0 Å². The molecule has 1 heterocycles. The van der Waals surface area contributed by atoms with E-state index < -0.39 is 0 Å². The van der Waals surface area contributed by atoms with Crippen LogP contribution in [-0.2, 0) is 16.2 Å². The minimum atomic E-state index is 0.271. The molecule has 0 saturated carbocycles. The maximum Gasteiger partial charge on any atom is 0.190 e. The Morgan fingerprint density at radius 3 is 2.83 bits per heavy atom. The van der Waals surface area contributed by atoms with Gasteiger partial charge in [-0.2, -0.15) is 0 Å². The first kappa shape index (κ1) is 7.70. The summed E-state index contributed by atoms with van der Waals surface area (Å²) in [6, 6.07) is 10.0. The second-order valence-corrected chi connectivity index (χ2v) is 2.50. The Balaban J connectivity index is 1.94. The van der Waals surface area contributed by atoms with Crippen molar-refractivity contribution in [2.45, 2.75) is 6.54 Å². The van der Waals surface area contributed by atoms with E-state index in [2.05, 4.69) is 5.59 Å². The summed E-state index contributed by atoms with van der Waals surface area (Å²) in [4.78, 5) is 9.84. The van der Waals surface area contributed by atoms with Crippen LogP contribution in [0, 0.1) is 0 Å². The number of hydrogen-bond acceptors (Lipinski definition) is 4. The van der Waals surface area contributed by atoms with Crippen molar-refractivity contribution in [3.63, 3.8) is 0 Å². The van der Waals surface area contributed by atoms with Gasteiger partial charge in [0.25, 0.3) is 0 Å². The van der Waals surface area contributed by atoms with Gasteiger partial charge in [0.2, 0.25) is 0 Å². The molecule has 0 aliphatic carbocycles. The molecule has 0 radical (unpaired) electrons. The third kappa shape index (κ3) is 1.80. The first-order valence-electron chi connectivity index (χ1n) is 3.77. The molecular formula is C8H10N2O2. The van der Waals surface area contributed by atoms with Gasteiger partial charge in [-0.1, -0.05) is 35.5 Å². The molecule has 0 unspecified atom stereocenters. The van der Waals surface area contributed by atoms with E-state index in [1.54, 1.807) is 5.17 Å². The highest BCUT2D eigenvalue weighted by Crippen LogP contribution is 2.04. The number of benzene rings is 1. The van der Waals surface area contributed by atoms with Crippen LogP contribution in [-0.4, -0.2) is 12.0 Å². The Morgan fingerprint density at radius 1 is 1.33 bits per heavy atom. The Morgan fingerprint density at radius 2 is 2.17 bits per heavy atom. The van der Waals surface area contributed by atoms with Gasteiger partial charge in [-0.05, 0) is 5.56 Å². The fourth-order valence-electron chi connectivity index (χ4n) is 1.04. The normalized spacial score (nSPS) is 18.3. The summed E-state index contributed by atoms with van der Waals surface area (Å²) in [6.45, 7) is 0.952. The smallest absolute Gasteiger partial charge is 0.190 e. The van der Waals surface area contributed by atoms with Gasteiger partial charge in [-0.15, -0.1) is 5.59 Å². The quantitative estimate of drug-likeness (QED) is 0.705. The van der Waals surface area contributed by atoms with Gasteiger partial charge in [-0.3, -0.25) is 9.68 Å². The Labute approximate surface area is 70.6 Å². The molecule has 2 rings (SSSR count). The SMILES string of the molecule is c1ccc(CN2NOCO2)cc1. The number of nitrogens with one attached hydrogen (secondary N) is 1. The molecule has 1 aromatic rings. The molecule has 0 atom stereocenters. The summed E-state index contributed by atoms with van der Waals surface area (Å²) in [5.41, 5.74) is 3.79. The third-order valence-electron chi connectivity index (χ3n) is 1.60. The third-order valence-corrected chi connectivity index (χ3v) is 1.60. The first-order chi connectivity index (χ1) is 5.95. The van der Waals surface area contributed by atoms with Gasteiger partial charge in [0.15, 0.2) is 6.79 Å². The van der Waals surface area contributed by atoms with Crippen LogP contribution in [0.15, 0.2) is 30.3 Å². The molecule has 12 heavy (non-hydrogen) atoms. The van der Waals surface area contributed by atoms with E-state index in [0.29, 0.717) is 6.54 Å². The molecule has 64 valence electrons. The van der Waals surface area contributed by atoms with Gasteiger partial charge >= 0.3 is 0 Å². The standard InChI is InChI=1S/C8H10N2O2/c1-2-4-8(5-3-1)6-10-9-11-7-12-10/h1-5,9H,6-7H2. The predicted octanol–water partition coefficient (Wildman–Crippen LogP) is 0.827. The van der Waals surface area contributed by atoms with Gasteiger partial charge < -0.3 is 0 Å². The fourth-order valence-corrected chi connectivity index (χ4v) is 1.04. The zero-order valence-electron chi connectivity index (χ0n) is 6.56. The molecule has 4 nitrogen and oxygen atoms in total. The molecule has 4 heteroatoms. The topological polar surface area (TPSA) is 33.7 Å².